The van der Waals surface area contributed by atoms with Crippen LogP contribution in [0, 0.1) is 5.92 Å². The van der Waals surface area contributed by atoms with Crippen molar-refractivity contribution >= 4 is 0 Å². The highest BCUT2D eigenvalue weighted by molar-refractivity contribution is 4.60. The summed E-state index contributed by atoms with van der Waals surface area (Å²) in [6, 6.07) is 0. The van der Waals surface area contributed by atoms with Crippen molar-refractivity contribution in [3.63, 3.8) is 0 Å². The predicted octanol–water partition coefficient (Wildman–Crippen LogP) is 4.28. The Morgan fingerprint density at radius 1 is 0.938 bits per heavy atom. The second-order valence-electron chi connectivity index (χ2n) is 4.41. The zero-order valence-electron chi connectivity index (χ0n) is 12.2. The highest BCUT2D eigenvalue weighted by Gasteiger charge is 2.09. The van der Waals surface area contributed by atoms with E-state index in [1.165, 1.54) is 25.7 Å². The molecule has 16 heavy (non-hydrogen) atoms. The van der Waals surface area contributed by atoms with Gasteiger partial charge in [-0.1, -0.05) is 40.0 Å². The highest BCUT2D eigenvalue weighted by Crippen LogP contribution is 2.14. The molecule has 2 nitrogen and oxygen atoms in total. The maximum absolute atomic E-state index is 5.24. The van der Waals surface area contributed by atoms with E-state index in [2.05, 4.69) is 27.7 Å². The summed E-state index contributed by atoms with van der Waals surface area (Å²) in [6.45, 7) is 9.63. The molecule has 0 saturated carbocycles. The third-order valence-corrected chi connectivity index (χ3v) is 2.84. The summed E-state index contributed by atoms with van der Waals surface area (Å²) in [5.41, 5.74) is 0. The van der Waals surface area contributed by atoms with E-state index in [0.717, 1.165) is 13.0 Å². The molecule has 0 heterocycles. The minimum absolute atomic E-state index is 0.423. The number of ether oxygens (including phenoxy) is 2. The molecule has 0 aromatic rings. The third kappa shape index (κ3) is 13.9. The lowest BCUT2D eigenvalue weighted by Gasteiger charge is -2.17. The molecule has 0 N–H and O–H groups in total. The van der Waals surface area contributed by atoms with Gasteiger partial charge in [0.15, 0.2) is 0 Å². The van der Waals surface area contributed by atoms with Crippen molar-refractivity contribution in [2.45, 2.75) is 65.9 Å². The summed E-state index contributed by atoms with van der Waals surface area (Å²) < 4.78 is 9.93. The molecule has 0 rings (SSSR count). The Balaban J connectivity index is 0. The molecular formula is C14H32O2. The van der Waals surface area contributed by atoms with Crippen LogP contribution >= 0.6 is 0 Å². The van der Waals surface area contributed by atoms with Gasteiger partial charge in [-0.2, -0.15) is 0 Å². The Labute approximate surface area is 103 Å². The van der Waals surface area contributed by atoms with E-state index in [0.29, 0.717) is 12.0 Å². The van der Waals surface area contributed by atoms with Crippen LogP contribution < -0.4 is 0 Å². The molecular weight excluding hydrogens is 200 g/mol. The first-order chi connectivity index (χ1) is 7.63. The van der Waals surface area contributed by atoms with Gasteiger partial charge >= 0.3 is 0 Å². The fourth-order valence-corrected chi connectivity index (χ4v) is 1.39. The average Bonchev–Trinajstić information content (AvgIpc) is 2.30. The number of hydrogen-bond donors (Lipinski definition) is 0. The standard InChI is InChI=1S/C10H22O.C4H10O/c1-5-6-7-8-9(2)10(3)11-4;1-3-4-5-2/h9-10H,5-8H2,1-4H3;3-4H2,1-2H3. The molecule has 0 radical (unpaired) electrons. The SMILES string of the molecule is CCCCCC(C)C(C)OC.CCCOC. The Bertz CT molecular complexity index is 113. The zero-order chi connectivity index (χ0) is 12.8. The minimum atomic E-state index is 0.423. The van der Waals surface area contributed by atoms with Crippen LogP contribution in [0.4, 0.5) is 0 Å². The monoisotopic (exact) mass is 232 g/mol. The summed E-state index contributed by atoms with van der Waals surface area (Å²) in [4.78, 5) is 0. The van der Waals surface area contributed by atoms with Crippen LogP contribution in [-0.2, 0) is 9.47 Å². The molecule has 2 heteroatoms. The van der Waals surface area contributed by atoms with E-state index in [4.69, 9.17) is 9.47 Å². The Hall–Kier alpha value is -0.0800. The summed E-state index contributed by atoms with van der Waals surface area (Å²) >= 11 is 0. The number of unbranched alkanes of at least 4 members (excludes halogenated alkanes) is 2. The second kappa shape index (κ2) is 14.9. The zero-order valence-corrected chi connectivity index (χ0v) is 12.2. The fourth-order valence-electron chi connectivity index (χ4n) is 1.39. The van der Waals surface area contributed by atoms with Gasteiger partial charge in [0.1, 0.15) is 0 Å². The Kier molecular flexibility index (Phi) is 17.1. The minimum Gasteiger partial charge on any atom is -0.385 e. The van der Waals surface area contributed by atoms with E-state index in [1.807, 2.05) is 0 Å². The van der Waals surface area contributed by atoms with Gasteiger partial charge in [-0.3, -0.25) is 0 Å². The van der Waals surface area contributed by atoms with Gasteiger partial charge in [0.05, 0.1) is 6.10 Å². The summed E-state index contributed by atoms with van der Waals surface area (Å²) in [5.74, 6) is 0.714. The Morgan fingerprint density at radius 2 is 1.56 bits per heavy atom. The maximum Gasteiger partial charge on any atom is 0.0568 e. The summed E-state index contributed by atoms with van der Waals surface area (Å²) in [5, 5.41) is 0. The van der Waals surface area contributed by atoms with Crippen LogP contribution in [-0.4, -0.2) is 26.9 Å². The van der Waals surface area contributed by atoms with Crippen molar-refractivity contribution in [2.75, 3.05) is 20.8 Å². The average molecular weight is 232 g/mol. The van der Waals surface area contributed by atoms with Gasteiger partial charge in [0.25, 0.3) is 0 Å². The van der Waals surface area contributed by atoms with Crippen LogP contribution in [0.25, 0.3) is 0 Å². The Morgan fingerprint density at radius 3 is 1.88 bits per heavy atom. The van der Waals surface area contributed by atoms with Crippen LogP contribution in [0.5, 0.6) is 0 Å². The molecule has 0 spiro atoms. The predicted molar refractivity (Wildman–Crippen MR) is 71.9 cm³/mol. The second-order valence-corrected chi connectivity index (χ2v) is 4.41. The molecule has 0 amide bonds. The molecule has 0 aromatic heterocycles. The molecule has 0 aliphatic carbocycles. The van der Waals surface area contributed by atoms with E-state index in [1.54, 1.807) is 14.2 Å². The molecule has 0 aliphatic heterocycles. The first kappa shape index (κ1) is 18.3. The molecule has 2 unspecified atom stereocenters. The molecule has 2 atom stereocenters. The largest absolute Gasteiger partial charge is 0.385 e. The quantitative estimate of drug-likeness (QED) is 0.582. The van der Waals surface area contributed by atoms with Crippen molar-refractivity contribution in [2.24, 2.45) is 5.92 Å². The smallest absolute Gasteiger partial charge is 0.0568 e. The van der Waals surface area contributed by atoms with E-state index in [-0.39, 0.29) is 0 Å². The van der Waals surface area contributed by atoms with Gasteiger partial charge in [-0.15, -0.1) is 0 Å². The molecule has 0 aliphatic rings. The highest BCUT2D eigenvalue weighted by atomic mass is 16.5. The molecule has 0 fully saturated rings. The van der Waals surface area contributed by atoms with E-state index >= 15 is 0 Å². The van der Waals surface area contributed by atoms with Crippen LogP contribution in [0.2, 0.25) is 0 Å². The van der Waals surface area contributed by atoms with Gasteiger partial charge in [-0.05, 0) is 25.7 Å². The lowest BCUT2D eigenvalue weighted by molar-refractivity contribution is 0.0694. The third-order valence-electron chi connectivity index (χ3n) is 2.84. The fraction of sp³-hybridized carbons (Fsp3) is 1.00. The van der Waals surface area contributed by atoms with Crippen LogP contribution in [0.1, 0.15) is 59.8 Å². The maximum atomic E-state index is 5.24. The molecule has 0 saturated heterocycles. The topological polar surface area (TPSA) is 18.5 Å². The van der Waals surface area contributed by atoms with Crippen molar-refractivity contribution in [3.05, 3.63) is 0 Å². The van der Waals surface area contributed by atoms with E-state index < -0.39 is 0 Å². The summed E-state index contributed by atoms with van der Waals surface area (Å²) in [7, 11) is 3.50. The van der Waals surface area contributed by atoms with E-state index in [9.17, 15) is 0 Å². The van der Waals surface area contributed by atoms with Crippen molar-refractivity contribution in [3.8, 4) is 0 Å². The van der Waals surface area contributed by atoms with Crippen molar-refractivity contribution in [1.82, 2.24) is 0 Å². The van der Waals surface area contributed by atoms with Crippen molar-refractivity contribution in [1.29, 1.82) is 0 Å². The first-order valence-electron chi connectivity index (χ1n) is 6.65. The molecule has 0 bridgehead atoms. The van der Waals surface area contributed by atoms with Crippen molar-refractivity contribution < 1.29 is 9.47 Å². The van der Waals surface area contributed by atoms with Gasteiger partial charge < -0.3 is 9.47 Å². The lowest BCUT2D eigenvalue weighted by atomic mass is 9.98. The van der Waals surface area contributed by atoms with Crippen LogP contribution in [0.15, 0.2) is 0 Å². The summed E-state index contributed by atoms with van der Waals surface area (Å²) in [6.07, 6.45) is 6.88. The normalized spacial score (nSPS) is 13.9. The first-order valence-corrected chi connectivity index (χ1v) is 6.65. The number of hydrogen-bond acceptors (Lipinski definition) is 2. The van der Waals surface area contributed by atoms with Crippen LogP contribution in [0.3, 0.4) is 0 Å². The van der Waals surface area contributed by atoms with Gasteiger partial charge in [0.2, 0.25) is 0 Å². The van der Waals surface area contributed by atoms with Gasteiger partial charge in [0, 0.05) is 20.8 Å². The molecule has 100 valence electrons. The number of rotatable bonds is 8. The molecule has 0 aromatic carbocycles. The van der Waals surface area contributed by atoms with Gasteiger partial charge in [-0.25, -0.2) is 0 Å². The lowest BCUT2D eigenvalue weighted by Crippen LogP contribution is -2.15. The number of methoxy groups -OCH3 is 2.